The Morgan fingerprint density at radius 3 is 2.71 bits per heavy atom. The van der Waals surface area contributed by atoms with E-state index in [0.717, 1.165) is 43.5 Å². The van der Waals surface area contributed by atoms with Crippen LogP contribution in [0.5, 0.6) is 0 Å². The Kier molecular flexibility index (Phi) is 5.79. The van der Waals surface area contributed by atoms with Gasteiger partial charge in [-0.1, -0.05) is 44.5 Å². The summed E-state index contributed by atoms with van der Waals surface area (Å²) in [4.78, 5) is 0. The molecule has 2 rings (SSSR count). The van der Waals surface area contributed by atoms with E-state index in [0.29, 0.717) is 5.92 Å². The highest BCUT2D eigenvalue weighted by Gasteiger charge is 2.38. The van der Waals surface area contributed by atoms with E-state index in [2.05, 4.69) is 23.9 Å². The van der Waals surface area contributed by atoms with E-state index < -0.39 is 10.0 Å². The second-order valence-corrected chi connectivity index (χ2v) is 7.62. The molecule has 0 spiro atoms. The number of sulfonamides is 1. The van der Waals surface area contributed by atoms with Gasteiger partial charge in [0.15, 0.2) is 0 Å². The number of hydrogen-bond donors (Lipinski definition) is 2. The van der Waals surface area contributed by atoms with Crippen molar-refractivity contribution in [2.75, 3.05) is 6.54 Å². The zero-order chi connectivity index (χ0) is 15.3. The predicted molar refractivity (Wildman–Crippen MR) is 86.4 cm³/mol. The fourth-order valence-corrected chi connectivity index (χ4v) is 4.12. The van der Waals surface area contributed by atoms with Crippen LogP contribution in [0.25, 0.3) is 0 Å². The lowest BCUT2D eigenvalue weighted by atomic mass is 10.1. The summed E-state index contributed by atoms with van der Waals surface area (Å²) in [5.74, 6) is 0.618. The zero-order valence-electron chi connectivity index (χ0n) is 12.9. The molecule has 2 atom stereocenters. The van der Waals surface area contributed by atoms with Gasteiger partial charge in [-0.3, -0.25) is 0 Å². The minimum Gasteiger partial charge on any atom is -0.313 e. The van der Waals surface area contributed by atoms with Gasteiger partial charge in [0.05, 0.1) is 5.75 Å². The quantitative estimate of drug-likeness (QED) is 0.736. The molecule has 1 fully saturated rings. The van der Waals surface area contributed by atoms with Crippen LogP contribution < -0.4 is 10.0 Å². The summed E-state index contributed by atoms with van der Waals surface area (Å²) < 4.78 is 27.2. The summed E-state index contributed by atoms with van der Waals surface area (Å²) in [5.41, 5.74) is 1.98. The molecule has 0 saturated heterocycles. The first-order valence-electron chi connectivity index (χ1n) is 7.82. The molecular formula is C16H26N2O2S. The molecule has 118 valence electrons. The van der Waals surface area contributed by atoms with E-state index in [4.69, 9.17) is 0 Å². The summed E-state index contributed by atoms with van der Waals surface area (Å²) in [5, 5.41) is 3.25. The Morgan fingerprint density at radius 1 is 1.24 bits per heavy atom. The standard InChI is InChI=1S/C16H26N2O2S/c1-3-6-15-10-16(15)18-21(19,20)12-14-8-5-7-13(9-14)11-17-4-2/h5,7-9,15-18H,3-4,6,10-12H2,1-2H3. The van der Waals surface area contributed by atoms with Crippen LogP contribution in [0.2, 0.25) is 0 Å². The summed E-state index contributed by atoms with van der Waals surface area (Å²) in [6.45, 7) is 5.88. The minimum absolute atomic E-state index is 0.0717. The lowest BCUT2D eigenvalue weighted by Crippen LogP contribution is -2.28. The summed E-state index contributed by atoms with van der Waals surface area (Å²) in [6, 6.07) is 7.96. The maximum absolute atomic E-state index is 12.2. The predicted octanol–water partition coefficient (Wildman–Crippen LogP) is 2.40. The average Bonchev–Trinajstić information content (AvgIpc) is 3.13. The molecule has 5 heteroatoms. The average molecular weight is 310 g/mol. The summed E-state index contributed by atoms with van der Waals surface area (Å²) >= 11 is 0. The third-order valence-electron chi connectivity index (χ3n) is 3.84. The highest BCUT2D eigenvalue weighted by atomic mass is 32.2. The maximum atomic E-state index is 12.2. The molecule has 0 amide bonds. The van der Waals surface area contributed by atoms with E-state index >= 15 is 0 Å². The Hall–Kier alpha value is -0.910. The van der Waals surface area contributed by atoms with Crippen LogP contribution in [-0.4, -0.2) is 21.0 Å². The van der Waals surface area contributed by atoms with E-state index in [9.17, 15) is 8.42 Å². The summed E-state index contributed by atoms with van der Waals surface area (Å²) in [7, 11) is -3.23. The highest BCUT2D eigenvalue weighted by Crippen LogP contribution is 2.35. The first-order chi connectivity index (χ1) is 10.0. The van der Waals surface area contributed by atoms with Gasteiger partial charge >= 0.3 is 0 Å². The Morgan fingerprint density at radius 2 is 2.00 bits per heavy atom. The van der Waals surface area contributed by atoms with Gasteiger partial charge in [-0.05, 0) is 36.4 Å². The molecule has 1 aliphatic carbocycles. The normalized spacial score (nSPS) is 21.4. The molecule has 4 nitrogen and oxygen atoms in total. The van der Waals surface area contributed by atoms with Gasteiger partial charge in [-0.15, -0.1) is 0 Å². The molecule has 2 N–H and O–H groups in total. The number of nitrogens with one attached hydrogen (secondary N) is 2. The zero-order valence-corrected chi connectivity index (χ0v) is 13.7. The van der Waals surface area contributed by atoms with Crippen LogP contribution in [0.3, 0.4) is 0 Å². The molecule has 0 aliphatic heterocycles. The van der Waals surface area contributed by atoms with Crippen molar-refractivity contribution in [2.24, 2.45) is 5.92 Å². The third-order valence-corrected chi connectivity index (χ3v) is 5.22. The van der Waals surface area contributed by atoms with E-state index in [-0.39, 0.29) is 11.8 Å². The van der Waals surface area contributed by atoms with E-state index in [1.165, 1.54) is 0 Å². The van der Waals surface area contributed by atoms with Gasteiger partial charge in [-0.25, -0.2) is 13.1 Å². The molecular weight excluding hydrogens is 284 g/mol. The van der Waals surface area contributed by atoms with Crippen molar-refractivity contribution in [3.05, 3.63) is 35.4 Å². The lowest BCUT2D eigenvalue weighted by molar-refractivity contribution is 0.572. The Labute approximate surface area is 128 Å². The molecule has 0 radical (unpaired) electrons. The number of rotatable bonds is 9. The smallest absolute Gasteiger partial charge is 0.216 e. The van der Waals surface area contributed by atoms with Crippen LogP contribution in [0.1, 0.15) is 44.2 Å². The largest absolute Gasteiger partial charge is 0.313 e. The van der Waals surface area contributed by atoms with Gasteiger partial charge in [0.1, 0.15) is 0 Å². The minimum atomic E-state index is -3.23. The van der Waals surface area contributed by atoms with Crippen molar-refractivity contribution >= 4 is 10.0 Å². The Bertz CT molecular complexity index is 557. The van der Waals surface area contributed by atoms with Crippen molar-refractivity contribution in [2.45, 2.75) is 51.4 Å². The van der Waals surface area contributed by atoms with Crippen LogP contribution in [0, 0.1) is 5.92 Å². The van der Waals surface area contributed by atoms with Crippen molar-refractivity contribution in [1.29, 1.82) is 0 Å². The monoisotopic (exact) mass is 310 g/mol. The molecule has 1 aliphatic rings. The van der Waals surface area contributed by atoms with Gasteiger partial charge in [-0.2, -0.15) is 0 Å². The fraction of sp³-hybridized carbons (Fsp3) is 0.625. The van der Waals surface area contributed by atoms with Gasteiger partial charge < -0.3 is 5.32 Å². The van der Waals surface area contributed by atoms with Crippen molar-refractivity contribution in [3.63, 3.8) is 0 Å². The molecule has 1 aromatic rings. The van der Waals surface area contributed by atoms with Crippen molar-refractivity contribution in [3.8, 4) is 0 Å². The molecule has 0 heterocycles. The molecule has 0 bridgehead atoms. The topological polar surface area (TPSA) is 58.2 Å². The Balaban J connectivity index is 1.91. The maximum Gasteiger partial charge on any atom is 0.216 e. The number of benzene rings is 1. The van der Waals surface area contributed by atoms with Gasteiger partial charge in [0.25, 0.3) is 0 Å². The van der Waals surface area contributed by atoms with Crippen molar-refractivity contribution in [1.82, 2.24) is 10.0 Å². The van der Waals surface area contributed by atoms with Crippen LogP contribution in [-0.2, 0) is 22.3 Å². The molecule has 21 heavy (non-hydrogen) atoms. The lowest BCUT2D eigenvalue weighted by Gasteiger charge is -2.08. The SMILES string of the molecule is CCCC1CC1NS(=O)(=O)Cc1cccc(CNCC)c1. The van der Waals surface area contributed by atoms with Crippen LogP contribution in [0.4, 0.5) is 0 Å². The van der Waals surface area contributed by atoms with E-state index in [1.807, 2.05) is 24.3 Å². The van der Waals surface area contributed by atoms with Crippen LogP contribution in [0.15, 0.2) is 24.3 Å². The number of hydrogen-bond acceptors (Lipinski definition) is 3. The first kappa shape index (κ1) is 16.5. The first-order valence-corrected chi connectivity index (χ1v) is 9.47. The fourth-order valence-electron chi connectivity index (χ4n) is 2.67. The van der Waals surface area contributed by atoms with E-state index in [1.54, 1.807) is 0 Å². The second-order valence-electron chi connectivity index (χ2n) is 5.87. The summed E-state index contributed by atoms with van der Waals surface area (Å²) in [6.07, 6.45) is 3.23. The van der Waals surface area contributed by atoms with Gasteiger partial charge in [0, 0.05) is 12.6 Å². The van der Waals surface area contributed by atoms with Crippen molar-refractivity contribution < 1.29 is 8.42 Å². The van der Waals surface area contributed by atoms with Crippen LogP contribution >= 0.6 is 0 Å². The highest BCUT2D eigenvalue weighted by molar-refractivity contribution is 7.88. The molecule has 0 aromatic heterocycles. The molecule has 1 aromatic carbocycles. The second kappa shape index (κ2) is 7.38. The third kappa shape index (κ3) is 5.41. The molecule has 2 unspecified atom stereocenters. The molecule has 1 saturated carbocycles. The van der Waals surface area contributed by atoms with Gasteiger partial charge in [0.2, 0.25) is 10.0 Å².